The second-order valence-electron chi connectivity index (χ2n) is 5.88. The highest BCUT2D eigenvalue weighted by Gasteiger charge is 2.32. The number of nitrogens with one attached hydrogen (secondary N) is 1. The molecule has 2 fully saturated rings. The molecule has 0 aromatic rings. The van der Waals surface area contributed by atoms with E-state index in [2.05, 4.69) is 12.2 Å². The van der Waals surface area contributed by atoms with E-state index in [1.165, 1.54) is 6.42 Å². The molecule has 1 saturated heterocycles. The van der Waals surface area contributed by atoms with Gasteiger partial charge in [-0.15, -0.1) is 0 Å². The summed E-state index contributed by atoms with van der Waals surface area (Å²) in [6.45, 7) is 3.65. The lowest BCUT2D eigenvalue weighted by atomic mass is 9.96. The highest BCUT2D eigenvalue weighted by molar-refractivity contribution is 5.82. The molecule has 0 radical (unpaired) electrons. The van der Waals surface area contributed by atoms with Crippen LogP contribution in [0.4, 0.5) is 4.79 Å². The molecule has 0 bridgehead atoms. The monoisotopic (exact) mass is 268 g/mol. The van der Waals surface area contributed by atoms with Crippen molar-refractivity contribution < 1.29 is 14.7 Å². The minimum Gasteiger partial charge on any atom is -0.480 e. The van der Waals surface area contributed by atoms with E-state index in [4.69, 9.17) is 5.11 Å². The fraction of sp³-hybridized carbons (Fsp3) is 0.857. The Bertz CT molecular complexity index is 342. The van der Waals surface area contributed by atoms with Crippen LogP contribution in [0.15, 0.2) is 0 Å². The van der Waals surface area contributed by atoms with Gasteiger partial charge < -0.3 is 15.3 Å². The van der Waals surface area contributed by atoms with Crippen LogP contribution < -0.4 is 5.32 Å². The van der Waals surface area contributed by atoms with Crippen LogP contribution in [-0.2, 0) is 4.79 Å². The van der Waals surface area contributed by atoms with Crippen LogP contribution >= 0.6 is 0 Å². The van der Waals surface area contributed by atoms with E-state index in [1.807, 2.05) is 0 Å². The maximum absolute atomic E-state index is 12.1. The van der Waals surface area contributed by atoms with Crippen molar-refractivity contribution in [1.29, 1.82) is 0 Å². The van der Waals surface area contributed by atoms with Crippen LogP contribution in [0.3, 0.4) is 0 Å². The third-order valence-corrected chi connectivity index (χ3v) is 4.25. The topological polar surface area (TPSA) is 69.6 Å². The molecule has 1 aliphatic carbocycles. The van der Waals surface area contributed by atoms with Crippen molar-refractivity contribution in [3.63, 3.8) is 0 Å². The van der Waals surface area contributed by atoms with Crippen molar-refractivity contribution in [1.82, 2.24) is 10.2 Å². The van der Waals surface area contributed by atoms with Crippen molar-refractivity contribution >= 4 is 12.0 Å². The zero-order valence-electron chi connectivity index (χ0n) is 11.6. The number of urea groups is 1. The number of hydrogen-bond donors (Lipinski definition) is 2. The first-order valence-electron chi connectivity index (χ1n) is 7.38. The quantitative estimate of drug-likeness (QED) is 0.802. The first kappa shape index (κ1) is 14.2. The third-order valence-electron chi connectivity index (χ3n) is 4.25. The normalized spacial score (nSPS) is 24.9. The maximum Gasteiger partial charge on any atom is 0.326 e. The molecule has 0 spiro atoms. The standard InChI is InChI=1S/C14H24N2O3/c1-2-10-4-3-7-16(9-10)14(19)15-12(13(17)18)8-11-5-6-11/h10-12H,2-9H2,1H3,(H,15,19)(H,17,18). The number of rotatable bonds is 5. The predicted octanol–water partition coefficient (Wildman–Crippen LogP) is 2.07. The molecule has 2 rings (SSSR count). The molecule has 1 heterocycles. The number of piperidine rings is 1. The molecular formula is C14H24N2O3. The number of carboxylic acids is 1. The van der Waals surface area contributed by atoms with Gasteiger partial charge in [0.15, 0.2) is 0 Å². The number of carbonyl (C=O) groups is 2. The molecule has 5 heteroatoms. The average molecular weight is 268 g/mol. The number of nitrogens with zero attached hydrogens (tertiary/aromatic N) is 1. The maximum atomic E-state index is 12.1. The second kappa shape index (κ2) is 6.26. The number of aliphatic carboxylic acids is 1. The number of hydrogen-bond acceptors (Lipinski definition) is 2. The predicted molar refractivity (Wildman–Crippen MR) is 71.9 cm³/mol. The summed E-state index contributed by atoms with van der Waals surface area (Å²) < 4.78 is 0. The summed E-state index contributed by atoms with van der Waals surface area (Å²) in [4.78, 5) is 25.1. The van der Waals surface area contributed by atoms with Crippen molar-refractivity contribution in [2.45, 2.75) is 51.5 Å². The van der Waals surface area contributed by atoms with Gasteiger partial charge >= 0.3 is 12.0 Å². The van der Waals surface area contributed by atoms with Gasteiger partial charge in [0.25, 0.3) is 0 Å². The summed E-state index contributed by atoms with van der Waals surface area (Å²) >= 11 is 0. The number of likely N-dealkylation sites (tertiary alicyclic amines) is 1. The van der Waals surface area contributed by atoms with Crippen LogP contribution in [0.1, 0.15) is 45.4 Å². The smallest absolute Gasteiger partial charge is 0.326 e. The van der Waals surface area contributed by atoms with E-state index >= 15 is 0 Å². The van der Waals surface area contributed by atoms with Crippen molar-refractivity contribution in [3.8, 4) is 0 Å². The molecule has 5 nitrogen and oxygen atoms in total. The van der Waals surface area contributed by atoms with Gasteiger partial charge in [0, 0.05) is 13.1 Å². The Labute approximate surface area is 114 Å². The minimum atomic E-state index is -0.913. The van der Waals surface area contributed by atoms with Gasteiger partial charge in [-0.1, -0.05) is 26.2 Å². The highest BCUT2D eigenvalue weighted by atomic mass is 16.4. The van der Waals surface area contributed by atoms with Crippen LogP contribution in [0.25, 0.3) is 0 Å². The van der Waals surface area contributed by atoms with Gasteiger partial charge in [0.2, 0.25) is 0 Å². The van der Waals surface area contributed by atoms with Gasteiger partial charge in [-0.2, -0.15) is 0 Å². The Balaban J connectivity index is 1.85. The molecule has 2 atom stereocenters. The summed E-state index contributed by atoms with van der Waals surface area (Å²) in [5, 5.41) is 11.9. The Morgan fingerprint density at radius 3 is 2.63 bits per heavy atom. The van der Waals surface area contributed by atoms with Gasteiger partial charge in [0.1, 0.15) is 6.04 Å². The van der Waals surface area contributed by atoms with Crippen molar-refractivity contribution in [2.75, 3.05) is 13.1 Å². The van der Waals surface area contributed by atoms with E-state index in [1.54, 1.807) is 4.90 Å². The van der Waals surface area contributed by atoms with Gasteiger partial charge in [-0.3, -0.25) is 0 Å². The van der Waals surface area contributed by atoms with Crippen molar-refractivity contribution in [2.24, 2.45) is 11.8 Å². The Morgan fingerprint density at radius 1 is 1.32 bits per heavy atom. The van der Waals surface area contributed by atoms with Crippen LogP contribution in [0.5, 0.6) is 0 Å². The molecule has 1 aliphatic heterocycles. The number of carboxylic acid groups (broad SMARTS) is 1. The number of carbonyl (C=O) groups excluding carboxylic acids is 1. The lowest BCUT2D eigenvalue weighted by Crippen LogP contribution is -2.50. The first-order valence-corrected chi connectivity index (χ1v) is 7.38. The Hall–Kier alpha value is -1.26. The molecule has 2 aliphatic rings. The molecule has 2 unspecified atom stereocenters. The average Bonchev–Trinajstić information content (AvgIpc) is 3.21. The lowest BCUT2D eigenvalue weighted by Gasteiger charge is -2.33. The van der Waals surface area contributed by atoms with Crippen molar-refractivity contribution in [3.05, 3.63) is 0 Å². The molecule has 2 amide bonds. The zero-order chi connectivity index (χ0) is 13.8. The van der Waals surface area contributed by atoms with E-state index in [9.17, 15) is 9.59 Å². The summed E-state index contributed by atoms with van der Waals surface area (Å²) in [6, 6.07) is -0.923. The summed E-state index contributed by atoms with van der Waals surface area (Å²) in [5.41, 5.74) is 0. The fourth-order valence-electron chi connectivity index (χ4n) is 2.73. The van der Waals surface area contributed by atoms with E-state index in [0.717, 1.165) is 38.8 Å². The van der Waals surface area contributed by atoms with Gasteiger partial charge in [-0.05, 0) is 31.1 Å². The molecule has 108 valence electrons. The van der Waals surface area contributed by atoms with E-state index in [-0.39, 0.29) is 6.03 Å². The largest absolute Gasteiger partial charge is 0.480 e. The van der Waals surface area contributed by atoms with Crippen LogP contribution in [0, 0.1) is 11.8 Å². The van der Waals surface area contributed by atoms with Crippen LogP contribution in [0.2, 0.25) is 0 Å². The molecule has 0 aromatic carbocycles. The molecule has 0 aromatic heterocycles. The van der Waals surface area contributed by atoms with E-state index < -0.39 is 12.0 Å². The van der Waals surface area contributed by atoms with E-state index in [0.29, 0.717) is 18.3 Å². The third kappa shape index (κ3) is 4.11. The fourth-order valence-corrected chi connectivity index (χ4v) is 2.73. The van der Waals surface area contributed by atoms with Crippen LogP contribution in [-0.4, -0.2) is 41.1 Å². The summed E-state index contributed by atoms with van der Waals surface area (Å²) in [7, 11) is 0. The molecule has 2 N–H and O–H groups in total. The SMILES string of the molecule is CCC1CCCN(C(=O)NC(CC2CC2)C(=O)O)C1. The number of amides is 2. The second-order valence-corrected chi connectivity index (χ2v) is 5.88. The summed E-state index contributed by atoms with van der Waals surface area (Å²) in [5.74, 6) is 0.140. The summed E-state index contributed by atoms with van der Waals surface area (Å²) in [6.07, 6.45) is 6.04. The Kier molecular flexibility index (Phi) is 4.66. The zero-order valence-corrected chi connectivity index (χ0v) is 11.6. The Morgan fingerprint density at radius 2 is 2.05 bits per heavy atom. The van der Waals surface area contributed by atoms with Gasteiger partial charge in [0.05, 0.1) is 0 Å². The highest BCUT2D eigenvalue weighted by Crippen LogP contribution is 2.33. The molecular weight excluding hydrogens is 244 g/mol. The van der Waals surface area contributed by atoms with Gasteiger partial charge in [-0.25, -0.2) is 9.59 Å². The molecule has 1 saturated carbocycles. The minimum absolute atomic E-state index is 0.203. The molecule has 19 heavy (non-hydrogen) atoms. The first-order chi connectivity index (χ1) is 9.10. The lowest BCUT2D eigenvalue weighted by molar-refractivity contribution is -0.139.